The van der Waals surface area contributed by atoms with Gasteiger partial charge in [-0.25, -0.2) is 4.79 Å². The van der Waals surface area contributed by atoms with Crippen LogP contribution in [-0.2, 0) is 16.1 Å². The Morgan fingerprint density at radius 2 is 2.10 bits per heavy atom. The first-order valence-corrected chi connectivity index (χ1v) is 7.26. The number of amides is 1. The molecule has 2 atom stereocenters. The lowest BCUT2D eigenvalue weighted by molar-refractivity contribution is -0.138. The zero-order chi connectivity index (χ0) is 14.9. The Morgan fingerprint density at radius 1 is 1.33 bits per heavy atom. The summed E-state index contributed by atoms with van der Waals surface area (Å²) in [6, 6.07) is 9.58. The predicted molar refractivity (Wildman–Crippen MR) is 75.6 cm³/mol. The van der Waals surface area contributed by atoms with E-state index in [1.54, 1.807) is 4.90 Å². The van der Waals surface area contributed by atoms with Crippen molar-refractivity contribution in [3.05, 3.63) is 35.9 Å². The number of hydrogen-bond donors (Lipinski definition) is 1. The molecule has 1 aliphatic carbocycles. The molecule has 1 aliphatic heterocycles. The van der Waals surface area contributed by atoms with Crippen molar-refractivity contribution < 1.29 is 19.4 Å². The van der Waals surface area contributed by atoms with Crippen LogP contribution in [0.2, 0.25) is 0 Å². The van der Waals surface area contributed by atoms with Crippen molar-refractivity contribution >= 4 is 12.1 Å². The molecule has 112 valence electrons. The SMILES string of the molecule is O=C(O)CC12CCN(C(=O)OCc3ccccc3)CC1C2. The van der Waals surface area contributed by atoms with Crippen LogP contribution >= 0.6 is 0 Å². The number of piperidine rings is 1. The molecule has 1 aromatic carbocycles. The van der Waals surface area contributed by atoms with Crippen LogP contribution < -0.4 is 0 Å². The molecule has 0 bridgehead atoms. The molecule has 0 aromatic heterocycles. The molecule has 0 radical (unpaired) electrons. The highest BCUT2D eigenvalue weighted by atomic mass is 16.6. The molecular formula is C16H19NO4. The Morgan fingerprint density at radius 3 is 2.76 bits per heavy atom. The second-order valence-corrected chi connectivity index (χ2v) is 6.07. The maximum Gasteiger partial charge on any atom is 0.410 e. The van der Waals surface area contributed by atoms with Crippen LogP contribution in [0.1, 0.15) is 24.8 Å². The lowest BCUT2D eigenvalue weighted by Crippen LogP contribution is -2.40. The van der Waals surface area contributed by atoms with Gasteiger partial charge >= 0.3 is 12.1 Å². The van der Waals surface area contributed by atoms with Crippen LogP contribution in [0.3, 0.4) is 0 Å². The normalized spacial score (nSPS) is 26.9. The lowest BCUT2D eigenvalue weighted by atomic mass is 9.92. The van der Waals surface area contributed by atoms with Crippen LogP contribution in [0.4, 0.5) is 4.79 Å². The molecule has 5 nitrogen and oxygen atoms in total. The summed E-state index contributed by atoms with van der Waals surface area (Å²) in [6.07, 6.45) is 1.62. The first kappa shape index (κ1) is 13.9. The van der Waals surface area contributed by atoms with E-state index in [1.165, 1.54) is 0 Å². The van der Waals surface area contributed by atoms with Gasteiger partial charge in [0.25, 0.3) is 0 Å². The van der Waals surface area contributed by atoms with Gasteiger partial charge in [-0.05, 0) is 29.7 Å². The van der Waals surface area contributed by atoms with Crippen molar-refractivity contribution in [3.8, 4) is 0 Å². The van der Waals surface area contributed by atoms with E-state index in [4.69, 9.17) is 9.84 Å². The number of fused-ring (bicyclic) bond motifs is 1. The third-order valence-corrected chi connectivity index (χ3v) is 4.65. The third kappa shape index (κ3) is 3.01. The molecule has 1 saturated heterocycles. The largest absolute Gasteiger partial charge is 0.481 e. The van der Waals surface area contributed by atoms with E-state index in [-0.39, 0.29) is 24.5 Å². The second kappa shape index (κ2) is 5.39. The number of aliphatic carboxylic acids is 1. The molecule has 21 heavy (non-hydrogen) atoms. The first-order valence-electron chi connectivity index (χ1n) is 7.26. The number of nitrogens with zero attached hydrogens (tertiary/aromatic N) is 1. The van der Waals surface area contributed by atoms with Gasteiger partial charge in [-0.2, -0.15) is 0 Å². The summed E-state index contributed by atoms with van der Waals surface area (Å²) in [5.41, 5.74) is 0.914. The van der Waals surface area contributed by atoms with Gasteiger partial charge in [0, 0.05) is 13.1 Å². The number of hydrogen-bond acceptors (Lipinski definition) is 3. The van der Waals surface area contributed by atoms with E-state index in [1.807, 2.05) is 30.3 Å². The van der Waals surface area contributed by atoms with Gasteiger partial charge in [-0.1, -0.05) is 30.3 Å². The zero-order valence-electron chi connectivity index (χ0n) is 11.8. The maximum atomic E-state index is 12.0. The summed E-state index contributed by atoms with van der Waals surface area (Å²) in [6.45, 7) is 1.50. The summed E-state index contributed by atoms with van der Waals surface area (Å²) >= 11 is 0. The van der Waals surface area contributed by atoms with Crippen LogP contribution in [0, 0.1) is 11.3 Å². The van der Waals surface area contributed by atoms with Gasteiger partial charge in [0.1, 0.15) is 6.61 Å². The van der Waals surface area contributed by atoms with E-state index in [2.05, 4.69) is 0 Å². The van der Waals surface area contributed by atoms with Crippen LogP contribution in [-0.4, -0.2) is 35.2 Å². The van der Waals surface area contributed by atoms with Gasteiger partial charge in [0.15, 0.2) is 0 Å². The van der Waals surface area contributed by atoms with Crippen molar-refractivity contribution in [2.45, 2.75) is 25.9 Å². The Hall–Kier alpha value is -2.04. The molecule has 2 aliphatic rings. The monoisotopic (exact) mass is 289 g/mol. The molecule has 3 rings (SSSR count). The topological polar surface area (TPSA) is 66.8 Å². The molecule has 2 fully saturated rings. The third-order valence-electron chi connectivity index (χ3n) is 4.65. The second-order valence-electron chi connectivity index (χ2n) is 6.07. The number of carbonyl (C=O) groups excluding carboxylic acids is 1. The minimum Gasteiger partial charge on any atom is -0.481 e. The number of ether oxygens (including phenoxy) is 1. The number of rotatable bonds is 4. The smallest absolute Gasteiger partial charge is 0.410 e. The summed E-state index contributed by atoms with van der Waals surface area (Å²) in [5.74, 6) is -0.413. The highest BCUT2D eigenvalue weighted by molar-refractivity contribution is 5.70. The first-order chi connectivity index (χ1) is 10.1. The molecule has 0 spiro atoms. The minimum absolute atomic E-state index is 0.0535. The van der Waals surface area contributed by atoms with E-state index >= 15 is 0 Å². The molecule has 5 heteroatoms. The Balaban J connectivity index is 1.49. The van der Waals surface area contributed by atoms with Crippen LogP contribution in [0.15, 0.2) is 30.3 Å². The number of likely N-dealkylation sites (tertiary alicyclic amines) is 1. The summed E-state index contributed by atoms with van der Waals surface area (Å²) in [7, 11) is 0. The van der Waals surface area contributed by atoms with E-state index in [0.717, 1.165) is 18.4 Å². The maximum absolute atomic E-state index is 12.0. The van der Waals surface area contributed by atoms with Gasteiger partial charge in [0.2, 0.25) is 0 Å². The molecule has 1 heterocycles. The van der Waals surface area contributed by atoms with E-state index in [9.17, 15) is 9.59 Å². The van der Waals surface area contributed by atoms with Crippen LogP contribution in [0.25, 0.3) is 0 Å². The number of carboxylic acid groups (broad SMARTS) is 1. The van der Waals surface area contributed by atoms with Crippen LogP contribution in [0.5, 0.6) is 0 Å². The average molecular weight is 289 g/mol. The van der Waals surface area contributed by atoms with Gasteiger partial charge < -0.3 is 14.7 Å². The van der Waals surface area contributed by atoms with Crippen molar-refractivity contribution in [1.82, 2.24) is 4.90 Å². The average Bonchev–Trinajstić information content (AvgIpc) is 3.17. The molecule has 1 saturated carbocycles. The Labute approximate surface area is 123 Å². The predicted octanol–water partition coefficient (Wildman–Crippen LogP) is 2.51. The fraction of sp³-hybridized carbons (Fsp3) is 0.500. The minimum atomic E-state index is -0.738. The van der Waals surface area contributed by atoms with Crippen molar-refractivity contribution in [2.24, 2.45) is 11.3 Å². The lowest BCUT2D eigenvalue weighted by Gasteiger charge is -2.30. The Bertz CT molecular complexity index is 544. The van der Waals surface area contributed by atoms with Gasteiger partial charge in [-0.15, -0.1) is 0 Å². The van der Waals surface area contributed by atoms with Gasteiger partial charge in [0.05, 0.1) is 6.42 Å². The fourth-order valence-corrected chi connectivity index (χ4v) is 3.29. The zero-order valence-corrected chi connectivity index (χ0v) is 11.8. The summed E-state index contributed by atoms with van der Waals surface area (Å²) < 4.78 is 5.32. The molecule has 1 N–H and O–H groups in total. The summed E-state index contributed by atoms with van der Waals surface area (Å²) in [4.78, 5) is 24.6. The van der Waals surface area contributed by atoms with Crippen molar-refractivity contribution in [1.29, 1.82) is 0 Å². The molecule has 2 unspecified atom stereocenters. The quantitative estimate of drug-likeness (QED) is 0.925. The fourth-order valence-electron chi connectivity index (χ4n) is 3.29. The summed E-state index contributed by atoms with van der Waals surface area (Å²) in [5, 5.41) is 8.94. The molecule has 1 amide bonds. The van der Waals surface area contributed by atoms with E-state index < -0.39 is 5.97 Å². The van der Waals surface area contributed by atoms with E-state index in [0.29, 0.717) is 19.0 Å². The van der Waals surface area contributed by atoms with Crippen molar-refractivity contribution in [2.75, 3.05) is 13.1 Å². The molecule has 1 aromatic rings. The highest BCUT2D eigenvalue weighted by Gasteiger charge is 2.58. The number of benzene rings is 1. The molecular weight excluding hydrogens is 270 g/mol. The number of carboxylic acids is 1. The number of carbonyl (C=O) groups is 2. The van der Waals surface area contributed by atoms with Gasteiger partial charge in [-0.3, -0.25) is 4.79 Å². The Kier molecular flexibility index (Phi) is 3.57. The highest BCUT2D eigenvalue weighted by Crippen LogP contribution is 2.60. The van der Waals surface area contributed by atoms with Crippen molar-refractivity contribution in [3.63, 3.8) is 0 Å². The standard InChI is InChI=1S/C16H19NO4/c18-14(19)9-16-6-7-17(10-13(16)8-16)15(20)21-11-12-4-2-1-3-5-12/h1-5,13H,6-11H2,(H,18,19).